The van der Waals surface area contributed by atoms with Crippen LogP contribution in [0.25, 0.3) is 0 Å². The smallest absolute Gasteiger partial charge is 0.422 e. The minimum absolute atomic E-state index is 0.0128. The second-order valence-electron chi connectivity index (χ2n) is 4.78. The van der Waals surface area contributed by atoms with Gasteiger partial charge in [0.1, 0.15) is 6.04 Å². The highest BCUT2D eigenvalue weighted by molar-refractivity contribution is 5.79. The second-order valence-corrected chi connectivity index (χ2v) is 4.78. The van der Waals surface area contributed by atoms with Crippen molar-refractivity contribution in [3.8, 4) is 5.88 Å². The maximum absolute atomic E-state index is 12.2. The Morgan fingerprint density at radius 3 is 2.87 bits per heavy atom. The molecule has 2 heterocycles. The molecular weight excluding hydrogens is 313 g/mol. The number of hydrogen-bond donors (Lipinski definition) is 1. The third-order valence-corrected chi connectivity index (χ3v) is 3.03. The van der Waals surface area contributed by atoms with E-state index in [1.807, 2.05) is 0 Å². The second kappa shape index (κ2) is 7.12. The standard InChI is InChI=1S/C14H15F3N4O2/c1-10(21-6-5-18-9-21)12(22)20-7-11-3-2-4-19-13(11)23-8-14(15,16)17/h2-6,9-10H,7-8H2,1H3,(H,20,22). The number of carbonyl (C=O) groups excluding carboxylic acids is 1. The summed E-state index contributed by atoms with van der Waals surface area (Å²) in [5.74, 6) is -0.450. The minimum Gasteiger partial charge on any atom is -0.468 e. The Labute approximate surface area is 130 Å². The normalized spacial score (nSPS) is 12.7. The van der Waals surface area contributed by atoms with Crippen molar-refractivity contribution in [1.29, 1.82) is 0 Å². The van der Waals surface area contributed by atoms with E-state index < -0.39 is 18.8 Å². The predicted octanol–water partition coefficient (Wildman–Crippen LogP) is 2.10. The number of aromatic nitrogens is 3. The fraction of sp³-hybridized carbons (Fsp3) is 0.357. The molecule has 0 aromatic carbocycles. The predicted molar refractivity (Wildman–Crippen MR) is 74.6 cm³/mol. The summed E-state index contributed by atoms with van der Waals surface area (Å²) in [7, 11) is 0. The van der Waals surface area contributed by atoms with Crippen LogP contribution in [0.3, 0.4) is 0 Å². The van der Waals surface area contributed by atoms with Gasteiger partial charge < -0.3 is 14.6 Å². The summed E-state index contributed by atoms with van der Waals surface area (Å²) in [6.45, 7) is 0.261. The molecule has 124 valence electrons. The average molecular weight is 328 g/mol. The van der Waals surface area contributed by atoms with Crippen molar-refractivity contribution in [3.05, 3.63) is 42.6 Å². The maximum Gasteiger partial charge on any atom is 0.422 e. The van der Waals surface area contributed by atoms with E-state index in [0.29, 0.717) is 5.56 Å². The van der Waals surface area contributed by atoms with Gasteiger partial charge in [0.15, 0.2) is 6.61 Å². The first-order chi connectivity index (χ1) is 10.9. The number of alkyl halides is 3. The van der Waals surface area contributed by atoms with Crippen LogP contribution in [0.2, 0.25) is 0 Å². The summed E-state index contributed by atoms with van der Waals surface area (Å²) in [6.07, 6.45) is 1.57. The number of halogens is 3. The topological polar surface area (TPSA) is 69.0 Å². The zero-order chi connectivity index (χ0) is 16.9. The van der Waals surface area contributed by atoms with Crippen LogP contribution in [0.1, 0.15) is 18.5 Å². The Morgan fingerprint density at radius 2 is 2.22 bits per heavy atom. The first kappa shape index (κ1) is 16.8. The Bertz CT molecular complexity index is 644. The molecule has 0 aliphatic carbocycles. The summed E-state index contributed by atoms with van der Waals surface area (Å²) in [5.41, 5.74) is 0.364. The summed E-state index contributed by atoms with van der Waals surface area (Å²) < 4.78 is 42.9. The molecule has 0 saturated carbocycles. The fourth-order valence-corrected chi connectivity index (χ4v) is 1.80. The molecule has 1 atom stereocenters. The number of nitrogens with zero attached hydrogens (tertiary/aromatic N) is 3. The van der Waals surface area contributed by atoms with Crippen LogP contribution in [-0.4, -0.2) is 33.2 Å². The molecule has 6 nitrogen and oxygen atoms in total. The van der Waals surface area contributed by atoms with Gasteiger partial charge >= 0.3 is 6.18 Å². The quantitative estimate of drug-likeness (QED) is 0.882. The van der Waals surface area contributed by atoms with Gasteiger partial charge in [-0.3, -0.25) is 4.79 Å². The number of ether oxygens (including phenoxy) is 1. The lowest BCUT2D eigenvalue weighted by atomic mass is 10.2. The van der Waals surface area contributed by atoms with Gasteiger partial charge in [0.2, 0.25) is 11.8 Å². The van der Waals surface area contributed by atoms with E-state index in [9.17, 15) is 18.0 Å². The largest absolute Gasteiger partial charge is 0.468 e. The highest BCUT2D eigenvalue weighted by Gasteiger charge is 2.29. The number of pyridine rings is 1. The molecule has 1 N–H and O–H groups in total. The third-order valence-electron chi connectivity index (χ3n) is 3.03. The first-order valence-corrected chi connectivity index (χ1v) is 6.75. The number of amides is 1. The maximum atomic E-state index is 12.2. The van der Waals surface area contributed by atoms with E-state index in [2.05, 4.69) is 20.0 Å². The summed E-state index contributed by atoms with van der Waals surface area (Å²) in [4.78, 5) is 19.7. The van der Waals surface area contributed by atoms with Crippen LogP contribution in [0.4, 0.5) is 13.2 Å². The number of carbonyl (C=O) groups is 1. The van der Waals surface area contributed by atoms with Gasteiger partial charge in [-0.2, -0.15) is 13.2 Å². The number of hydrogen-bond acceptors (Lipinski definition) is 4. The van der Waals surface area contributed by atoms with Crippen molar-refractivity contribution in [2.24, 2.45) is 0 Å². The Balaban J connectivity index is 1.96. The van der Waals surface area contributed by atoms with E-state index >= 15 is 0 Å². The number of rotatable bonds is 6. The summed E-state index contributed by atoms with van der Waals surface area (Å²) >= 11 is 0. The van der Waals surface area contributed by atoms with Gasteiger partial charge in [0.05, 0.1) is 6.33 Å². The molecular formula is C14H15F3N4O2. The number of imidazole rings is 1. The van der Waals surface area contributed by atoms with Crippen LogP contribution in [0.15, 0.2) is 37.1 Å². The van der Waals surface area contributed by atoms with Gasteiger partial charge in [0, 0.05) is 30.7 Å². The van der Waals surface area contributed by atoms with Crippen LogP contribution < -0.4 is 10.1 Å². The Kier molecular flexibility index (Phi) is 5.20. The molecule has 1 unspecified atom stereocenters. The highest BCUT2D eigenvalue weighted by Crippen LogP contribution is 2.20. The van der Waals surface area contributed by atoms with E-state index in [4.69, 9.17) is 0 Å². The Morgan fingerprint density at radius 1 is 1.43 bits per heavy atom. The van der Waals surface area contributed by atoms with Crippen LogP contribution in [0.5, 0.6) is 5.88 Å². The molecule has 0 fully saturated rings. The van der Waals surface area contributed by atoms with E-state index in [1.165, 1.54) is 12.5 Å². The third kappa shape index (κ3) is 4.97. The molecule has 0 spiro atoms. The molecule has 0 saturated heterocycles. The van der Waals surface area contributed by atoms with E-state index in [0.717, 1.165) is 0 Å². The average Bonchev–Trinajstić information content (AvgIpc) is 3.04. The van der Waals surface area contributed by atoms with Crippen LogP contribution >= 0.6 is 0 Å². The van der Waals surface area contributed by atoms with Crippen molar-refractivity contribution in [1.82, 2.24) is 19.9 Å². The molecule has 0 bridgehead atoms. The van der Waals surface area contributed by atoms with Gasteiger partial charge in [-0.25, -0.2) is 9.97 Å². The Hall–Kier alpha value is -2.58. The van der Waals surface area contributed by atoms with Crippen molar-refractivity contribution >= 4 is 5.91 Å². The fourth-order valence-electron chi connectivity index (χ4n) is 1.80. The molecule has 0 aliphatic heterocycles. The molecule has 2 rings (SSSR count). The van der Waals surface area contributed by atoms with Crippen molar-refractivity contribution < 1.29 is 22.7 Å². The van der Waals surface area contributed by atoms with E-state index in [-0.39, 0.29) is 18.3 Å². The van der Waals surface area contributed by atoms with Gasteiger partial charge in [-0.15, -0.1) is 0 Å². The van der Waals surface area contributed by atoms with Gasteiger partial charge in [-0.1, -0.05) is 6.07 Å². The van der Waals surface area contributed by atoms with Crippen LogP contribution in [0, 0.1) is 0 Å². The lowest BCUT2D eigenvalue weighted by Crippen LogP contribution is -2.30. The van der Waals surface area contributed by atoms with Gasteiger partial charge in [-0.05, 0) is 13.0 Å². The molecule has 1 amide bonds. The molecule has 2 aromatic heterocycles. The SMILES string of the molecule is CC(C(=O)NCc1cccnc1OCC(F)(F)F)n1ccnc1. The molecule has 9 heteroatoms. The van der Waals surface area contributed by atoms with Crippen molar-refractivity contribution in [2.45, 2.75) is 25.7 Å². The first-order valence-electron chi connectivity index (χ1n) is 6.75. The summed E-state index contributed by atoms with van der Waals surface area (Å²) in [6, 6.07) is 2.61. The summed E-state index contributed by atoms with van der Waals surface area (Å²) in [5, 5.41) is 2.64. The van der Waals surface area contributed by atoms with Crippen molar-refractivity contribution in [2.75, 3.05) is 6.61 Å². The molecule has 23 heavy (non-hydrogen) atoms. The monoisotopic (exact) mass is 328 g/mol. The van der Waals surface area contributed by atoms with Crippen LogP contribution in [-0.2, 0) is 11.3 Å². The lowest BCUT2D eigenvalue weighted by Gasteiger charge is -2.15. The van der Waals surface area contributed by atoms with E-state index in [1.54, 1.807) is 36.0 Å². The molecule has 0 aliphatic rings. The van der Waals surface area contributed by atoms with Gasteiger partial charge in [0.25, 0.3) is 0 Å². The zero-order valence-corrected chi connectivity index (χ0v) is 12.2. The van der Waals surface area contributed by atoms with Crippen molar-refractivity contribution in [3.63, 3.8) is 0 Å². The highest BCUT2D eigenvalue weighted by atomic mass is 19.4. The molecule has 0 radical (unpaired) electrons. The number of nitrogens with one attached hydrogen (secondary N) is 1. The lowest BCUT2D eigenvalue weighted by molar-refractivity contribution is -0.154. The zero-order valence-electron chi connectivity index (χ0n) is 12.2. The minimum atomic E-state index is -4.45. The molecule has 2 aromatic rings.